The average Bonchev–Trinajstić information content (AvgIpc) is 2.86. The van der Waals surface area contributed by atoms with Gasteiger partial charge in [0.25, 0.3) is 0 Å². The minimum atomic E-state index is -0.531. The molecule has 0 amide bonds. The highest BCUT2D eigenvalue weighted by Gasteiger charge is 2.23. The predicted octanol–water partition coefficient (Wildman–Crippen LogP) is 2.81. The molecule has 3 N–H and O–H groups in total. The number of hydrazine groups is 1. The molecular formula is C14H18ClFN4. The Bertz CT molecular complexity index is 577. The molecular weight excluding hydrogens is 279 g/mol. The normalized spacial score (nSPS) is 12.7. The highest BCUT2D eigenvalue weighted by molar-refractivity contribution is 6.31. The summed E-state index contributed by atoms with van der Waals surface area (Å²) in [5.41, 5.74) is 4.73. The molecule has 0 aliphatic rings. The van der Waals surface area contributed by atoms with Gasteiger partial charge in [-0.25, -0.2) is 9.82 Å². The fourth-order valence-electron chi connectivity index (χ4n) is 2.25. The molecule has 4 nitrogen and oxygen atoms in total. The van der Waals surface area contributed by atoms with Crippen LogP contribution < -0.4 is 11.3 Å². The van der Waals surface area contributed by atoms with E-state index >= 15 is 0 Å². The SMILES string of the molecule is CCc1cc(C(NN)c2c(F)cccc2Cl)n(CC)n1. The number of hydrogen-bond acceptors (Lipinski definition) is 3. The van der Waals surface area contributed by atoms with E-state index < -0.39 is 6.04 Å². The molecule has 2 rings (SSSR count). The molecule has 0 bridgehead atoms. The van der Waals surface area contributed by atoms with Gasteiger partial charge in [-0.15, -0.1) is 0 Å². The molecule has 0 aliphatic carbocycles. The Labute approximate surface area is 122 Å². The molecule has 0 aliphatic heterocycles. The van der Waals surface area contributed by atoms with Gasteiger partial charge in [0.05, 0.1) is 17.4 Å². The van der Waals surface area contributed by atoms with Gasteiger partial charge in [-0.1, -0.05) is 24.6 Å². The van der Waals surface area contributed by atoms with Gasteiger partial charge in [0.1, 0.15) is 5.82 Å². The predicted molar refractivity (Wildman–Crippen MR) is 77.9 cm³/mol. The summed E-state index contributed by atoms with van der Waals surface area (Å²) < 4.78 is 15.9. The van der Waals surface area contributed by atoms with Gasteiger partial charge in [-0.05, 0) is 31.5 Å². The molecule has 108 valence electrons. The van der Waals surface area contributed by atoms with Crippen LogP contribution >= 0.6 is 11.6 Å². The van der Waals surface area contributed by atoms with Gasteiger partial charge < -0.3 is 0 Å². The number of aromatic nitrogens is 2. The molecule has 1 heterocycles. The van der Waals surface area contributed by atoms with E-state index in [-0.39, 0.29) is 5.82 Å². The molecule has 1 unspecified atom stereocenters. The Kier molecular flexibility index (Phi) is 4.75. The van der Waals surface area contributed by atoms with Crippen LogP contribution in [0.15, 0.2) is 24.3 Å². The second-order valence-electron chi connectivity index (χ2n) is 4.46. The van der Waals surface area contributed by atoms with Crippen LogP contribution in [0.2, 0.25) is 5.02 Å². The molecule has 2 aromatic rings. The van der Waals surface area contributed by atoms with Crippen molar-refractivity contribution in [1.29, 1.82) is 0 Å². The smallest absolute Gasteiger partial charge is 0.129 e. The van der Waals surface area contributed by atoms with Crippen LogP contribution in [-0.4, -0.2) is 9.78 Å². The lowest BCUT2D eigenvalue weighted by molar-refractivity contribution is 0.515. The maximum absolute atomic E-state index is 14.1. The van der Waals surface area contributed by atoms with Crippen LogP contribution in [0.4, 0.5) is 4.39 Å². The first-order chi connectivity index (χ1) is 9.62. The molecule has 20 heavy (non-hydrogen) atoms. The summed E-state index contributed by atoms with van der Waals surface area (Å²) in [6.07, 6.45) is 0.808. The summed E-state index contributed by atoms with van der Waals surface area (Å²) in [5, 5.41) is 4.80. The Morgan fingerprint density at radius 1 is 1.45 bits per heavy atom. The highest BCUT2D eigenvalue weighted by Crippen LogP contribution is 2.30. The zero-order valence-electron chi connectivity index (χ0n) is 11.5. The molecule has 1 aromatic heterocycles. The molecule has 6 heteroatoms. The average molecular weight is 297 g/mol. The molecule has 0 saturated carbocycles. The summed E-state index contributed by atoms with van der Waals surface area (Å²) >= 11 is 6.12. The number of nitrogens with zero attached hydrogens (tertiary/aromatic N) is 2. The molecule has 1 atom stereocenters. The van der Waals surface area contributed by atoms with E-state index in [4.69, 9.17) is 17.4 Å². The lowest BCUT2D eigenvalue weighted by atomic mass is 10.0. The van der Waals surface area contributed by atoms with Gasteiger partial charge in [-0.3, -0.25) is 10.5 Å². The minimum absolute atomic E-state index is 0.342. The van der Waals surface area contributed by atoms with Crippen LogP contribution in [-0.2, 0) is 13.0 Å². The van der Waals surface area contributed by atoms with Gasteiger partial charge in [-0.2, -0.15) is 5.10 Å². The van der Waals surface area contributed by atoms with Gasteiger partial charge in [0.2, 0.25) is 0 Å². The third-order valence-corrected chi connectivity index (χ3v) is 3.60. The summed E-state index contributed by atoms with van der Waals surface area (Å²) in [7, 11) is 0. The summed E-state index contributed by atoms with van der Waals surface area (Å²) in [6.45, 7) is 4.68. The first kappa shape index (κ1) is 15.0. The maximum Gasteiger partial charge on any atom is 0.129 e. The Balaban J connectivity index is 2.55. The van der Waals surface area contributed by atoms with E-state index in [1.54, 1.807) is 12.1 Å². The first-order valence-electron chi connectivity index (χ1n) is 6.59. The van der Waals surface area contributed by atoms with E-state index in [1.807, 2.05) is 24.6 Å². The second-order valence-corrected chi connectivity index (χ2v) is 4.87. The lowest BCUT2D eigenvalue weighted by Gasteiger charge is -2.19. The van der Waals surface area contributed by atoms with Crippen LogP contribution in [0.3, 0.4) is 0 Å². The quantitative estimate of drug-likeness (QED) is 0.659. The van der Waals surface area contributed by atoms with Crippen LogP contribution in [0.5, 0.6) is 0 Å². The monoisotopic (exact) mass is 296 g/mol. The summed E-state index contributed by atoms with van der Waals surface area (Å²) in [4.78, 5) is 0. The van der Waals surface area contributed by atoms with Crippen molar-refractivity contribution in [2.75, 3.05) is 0 Å². The first-order valence-corrected chi connectivity index (χ1v) is 6.96. The molecule has 1 aromatic carbocycles. The van der Waals surface area contributed by atoms with Crippen molar-refractivity contribution < 1.29 is 4.39 Å². The fraction of sp³-hybridized carbons (Fsp3) is 0.357. The van der Waals surface area contributed by atoms with E-state index in [9.17, 15) is 4.39 Å². The van der Waals surface area contributed by atoms with Crippen LogP contribution in [0.1, 0.15) is 36.8 Å². The lowest BCUT2D eigenvalue weighted by Crippen LogP contribution is -2.31. The third kappa shape index (κ3) is 2.70. The van der Waals surface area contributed by atoms with E-state index in [2.05, 4.69) is 10.5 Å². The Morgan fingerprint density at radius 3 is 2.75 bits per heavy atom. The minimum Gasteiger partial charge on any atom is -0.271 e. The highest BCUT2D eigenvalue weighted by atomic mass is 35.5. The topological polar surface area (TPSA) is 55.9 Å². The van der Waals surface area contributed by atoms with Crippen molar-refractivity contribution >= 4 is 11.6 Å². The standard InChI is InChI=1S/C14H18ClFN4/c1-3-9-8-12(20(4-2)19-9)14(18-17)13-10(15)6-5-7-11(13)16/h5-8,14,18H,3-4,17H2,1-2H3. The number of nitrogens with two attached hydrogens (primary N) is 1. The largest absolute Gasteiger partial charge is 0.271 e. The van der Waals surface area contributed by atoms with Crippen molar-refractivity contribution in [3.8, 4) is 0 Å². The van der Waals surface area contributed by atoms with Crippen molar-refractivity contribution in [3.05, 3.63) is 52.1 Å². The van der Waals surface area contributed by atoms with Crippen molar-refractivity contribution in [1.82, 2.24) is 15.2 Å². The third-order valence-electron chi connectivity index (χ3n) is 3.27. The summed E-state index contributed by atoms with van der Waals surface area (Å²) in [5.74, 6) is 5.25. The van der Waals surface area contributed by atoms with Crippen LogP contribution in [0, 0.1) is 5.82 Å². The van der Waals surface area contributed by atoms with Crippen molar-refractivity contribution in [3.63, 3.8) is 0 Å². The number of rotatable bonds is 5. The fourth-order valence-corrected chi connectivity index (χ4v) is 2.52. The summed E-state index contributed by atoms with van der Waals surface area (Å²) in [6, 6.07) is 5.99. The molecule has 0 radical (unpaired) electrons. The van der Waals surface area contributed by atoms with Gasteiger partial charge >= 0.3 is 0 Å². The zero-order chi connectivity index (χ0) is 14.7. The molecule has 0 fully saturated rings. The number of hydrogen-bond donors (Lipinski definition) is 2. The number of benzene rings is 1. The van der Waals surface area contributed by atoms with E-state index in [0.717, 1.165) is 17.8 Å². The Hall–Kier alpha value is -1.43. The van der Waals surface area contributed by atoms with Crippen molar-refractivity contribution in [2.24, 2.45) is 5.84 Å². The second kappa shape index (κ2) is 6.35. The van der Waals surface area contributed by atoms with Crippen LogP contribution in [0.25, 0.3) is 0 Å². The maximum atomic E-state index is 14.1. The van der Waals surface area contributed by atoms with Gasteiger partial charge in [0.15, 0.2) is 0 Å². The van der Waals surface area contributed by atoms with Gasteiger partial charge in [0, 0.05) is 17.1 Å². The molecule has 0 saturated heterocycles. The Morgan fingerprint density at radius 2 is 2.20 bits per heavy atom. The van der Waals surface area contributed by atoms with E-state index in [0.29, 0.717) is 17.1 Å². The number of nitrogens with one attached hydrogen (secondary N) is 1. The number of aryl methyl sites for hydroxylation is 2. The van der Waals surface area contributed by atoms with Crippen molar-refractivity contribution in [2.45, 2.75) is 32.9 Å². The zero-order valence-corrected chi connectivity index (χ0v) is 12.3. The molecule has 0 spiro atoms. The number of halogens is 2. The van der Waals surface area contributed by atoms with E-state index in [1.165, 1.54) is 6.07 Å².